The molecule has 246 valence electrons. The zero-order valence-corrected chi connectivity index (χ0v) is 28.1. The minimum Gasteiger partial charge on any atom is -0.457 e. The molecule has 5 rings (SSSR count). The molecule has 4 aromatic carbocycles. The van der Waals surface area contributed by atoms with E-state index in [0.717, 1.165) is 46.7 Å². The second-order valence-electron chi connectivity index (χ2n) is 12.2. The van der Waals surface area contributed by atoms with E-state index in [-0.39, 0.29) is 23.4 Å². The van der Waals surface area contributed by atoms with Gasteiger partial charge in [-0.25, -0.2) is 8.42 Å². The van der Waals surface area contributed by atoms with E-state index in [1.54, 1.807) is 48.5 Å². The summed E-state index contributed by atoms with van der Waals surface area (Å²) in [6.45, 7) is 5.41. The number of ether oxygens (including phenoxy) is 1. The van der Waals surface area contributed by atoms with Crippen LogP contribution in [0.2, 0.25) is 0 Å². The summed E-state index contributed by atoms with van der Waals surface area (Å²) in [4.78, 5) is 29.7. The van der Waals surface area contributed by atoms with Crippen LogP contribution >= 0.6 is 0 Å². The van der Waals surface area contributed by atoms with Gasteiger partial charge in [0.2, 0.25) is 11.8 Å². The first-order valence-electron chi connectivity index (χ1n) is 16.2. The third-order valence-corrected chi connectivity index (χ3v) is 10.3. The van der Waals surface area contributed by atoms with Crippen molar-refractivity contribution in [2.24, 2.45) is 0 Å². The molecule has 0 aromatic heterocycles. The fourth-order valence-corrected chi connectivity index (χ4v) is 7.38. The van der Waals surface area contributed by atoms with Gasteiger partial charge in [-0.15, -0.1) is 0 Å². The number of para-hydroxylation sites is 1. The Bertz CT molecular complexity index is 1750. The number of benzene rings is 4. The Morgan fingerprint density at radius 3 is 2.13 bits per heavy atom. The lowest BCUT2D eigenvalue weighted by Crippen LogP contribution is -2.53. The quantitative estimate of drug-likeness (QED) is 0.165. The first-order chi connectivity index (χ1) is 22.6. The molecule has 2 amide bonds. The summed E-state index contributed by atoms with van der Waals surface area (Å²) in [5, 5.41) is 3.16. The fraction of sp³-hybridized carbons (Fsp3) is 0.316. The van der Waals surface area contributed by atoms with Gasteiger partial charge in [0.1, 0.15) is 24.1 Å². The van der Waals surface area contributed by atoms with E-state index in [1.165, 1.54) is 4.90 Å². The number of sulfonamides is 1. The van der Waals surface area contributed by atoms with Crippen LogP contribution in [0.3, 0.4) is 0 Å². The van der Waals surface area contributed by atoms with Gasteiger partial charge in [-0.2, -0.15) is 0 Å². The van der Waals surface area contributed by atoms with Gasteiger partial charge >= 0.3 is 0 Å². The number of carbonyl (C=O) groups is 2. The molecule has 0 spiro atoms. The Morgan fingerprint density at radius 2 is 1.49 bits per heavy atom. The number of amides is 2. The van der Waals surface area contributed by atoms with Gasteiger partial charge in [0.05, 0.1) is 10.6 Å². The molecule has 0 heterocycles. The van der Waals surface area contributed by atoms with Crippen molar-refractivity contribution in [1.82, 2.24) is 10.2 Å². The van der Waals surface area contributed by atoms with E-state index in [9.17, 15) is 18.0 Å². The van der Waals surface area contributed by atoms with Crippen molar-refractivity contribution < 1.29 is 22.7 Å². The molecule has 0 unspecified atom stereocenters. The Morgan fingerprint density at radius 1 is 0.830 bits per heavy atom. The first-order valence-corrected chi connectivity index (χ1v) is 17.7. The standard InChI is InChI=1S/C38H43N3O5S/c1-4-36(38(43)39-31-13-8-9-14-31)40(26-30-12-10-11-29(3)25-30)37(42)27-41(47(44,45)35-23-17-28(2)18-24-35)32-19-21-34(22-20-32)46-33-15-6-5-7-16-33/h5-7,10-12,15-25,31,36H,4,8-9,13-14,26-27H2,1-3H3,(H,39,43)/t36-/m1/s1. The van der Waals surface area contributed by atoms with Crippen LogP contribution in [-0.4, -0.2) is 43.8 Å². The highest BCUT2D eigenvalue weighted by Gasteiger charge is 2.34. The maximum absolute atomic E-state index is 14.4. The molecular weight excluding hydrogens is 611 g/mol. The van der Waals surface area contributed by atoms with E-state index in [4.69, 9.17) is 4.74 Å². The lowest BCUT2D eigenvalue weighted by molar-refractivity contribution is -0.140. The molecule has 0 bridgehead atoms. The van der Waals surface area contributed by atoms with Gasteiger partial charge in [-0.1, -0.05) is 85.5 Å². The lowest BCUT2D eigenvalue weighted by atomic mass is 10.1. The molecule has 1 aliphatic carbocycles. The molecule has 1 N–H and O–H groups in total. The van der Waals surface area contributed by atoms with Crippen molar-refractivity contribution in [3.05, 3.63) is 120 Å². The summed E-state index contributed by atoms with van der Waals surface area (Å²) < 4.78 is 35.5. The van der Waals surface area contributed by atoms with E-state index in [2.05, 4.69) is 5.32 Å². The average molecular weight is 654 g/mol. The molecule has 1 atom stereocenters. The van der Waals surface area contributed by atoms with Gasteiger partial charge in [-0.3, -0.25) is 13.9 Å². The number of carbonyl (C=O) groups excluding carboxylic acids is 2. The molecule has 8 nitrogen and oxygen atoms in total. The van der Waals surface area contributed by atoms with Gasteiger partial charge < -0.3 is 15.0 Å². The van der Waals surface area contributed by atoms with Crippen LogP contribution in [-0.2, 0) is 26.2 Å². The third kappa shape index (κ3) is 8.60. The second-order valence-corrected chi connectivity index (χ2v) is 14.0. The number of hydrogen-bond acceptors (Lipinski definition) is 5. The number of nitrogens with zero attached hydrogens (tertiary/aromatic N) is 2. The minimum atomic E-state index is -4.18. The van der Waals surface area contributed by atoms with Gasteiger partial charge in [0.25, 0.3) is 10.0 Å². The fourth-order valence-electron chi connectivity index (χ4n) is 5.97. The van der Waals surface area contributed by atoms with Gasteiger partial charge in [0, 0.05) is 12.6 Å². The predicted molar refractivity (Wildman–Crippen MR) is 185 cm³/mol. The van der Waals surface area contributed by atoms with Crippen molar-refractivity contribution in [2.45, 2.75) is 76.4 Å². The molecular formula is C38H43N3O5S. The molecule has 1 fully saturated rings. The predicted octanol–water partition coefficient (Wildman–Crippen LogP) is 7.16. The molecule has 0 radical (unpaired) electrons. The SMILES string of the molecule is CC[C@H](C(=O)NC1CCCC1)N(Cc1cccc(C)c1)C(=O)CN(c1ccc(Oc2ccccc2)cc1)S(=O)(=O)c1ccc(C)cc1. The molecule has 1 aliphatic rings. The Hall–Kier alpha value is -4.63. The molecule has 9 heteroatoms. The summed E-state index contributed by atoms with van der Waals surface area (Å²) >= 11 is 0. The number of rotatable bonds is 13. The summed E-state index contributed by atoms with van der Waals surface area (Å²) in [5.41, 5.74) is 3.11. The van der Waals surface area contributed by atoms with Crippen LogP contribution in [0.4, 0.5) is 5.69 Å². The van der Waals surface area contributed by atoms with Crippen LogP contribution in [0.1, 0.15) is 55.7 Å². The van der Waals surface area contributed by atoms with Crippen LogP contribution in [0, 0.1) is 13.8 Å². The van der Waals surface area contributed by atoms with Crippen molar-refractivity contribution in [3.8, 4) is 11.5 Å². The van der Waals surface area contributed by atoms with Crippen LogP contribution in [0.5, 0.6) is 11.5 Å². The molecule has 0 aliphatic heterocycles. The highest BCUT2D eigenvalue weighted by atomic mass is 32.2. The van der Waals surface area contributed by atoms with Crippen molar-refractivity contribution >= 4 is 27.5 Å². The number of nitrogens with one attached hydrogen (secondary N) is 1. The van der Waals surface area contributed by atoms with E-state index >= 15 is 0 Å². The monoisotopic (exact) mass is 653 g/mol. The summed E-state index contributed by atoms with van der Waals surface area (Å²) in [7, 11) is -4.18. The van der Waals surface area contributed by atoms with Crippen LogP contribution in [0.25, 0.3) is 0 Å². The highest BCUT2D eigenvalue weighted by molar-refractivity contribution is 7.92. The first kappa shape index (κ1) is 33.7. The normalized spacial score (nSPS) is 13.9. The maximum Gasteiger partial charge on any atom is 0.264 e. The van der Waals surface area contributed by atoms with Gasteiger partial charge in [0.15, 0.2) is 0 Å². The lowest BCUT2D eigenvalue weighted by Gasteiger charge is -2.34. The zero-order valence-electron chi connectivity index (χ0n) is 27.3. The number of anilines is 1. The van der Waals surface area contributed by atoms with Crippen molar-refractivity contribution in [1.29, 1.82) is 0 Å². The van der Waals surface area contributed by atoms with E-state index in [0.29, 0.717) is 23.6 Å². The summed E-state index contributed by atoms with van der Waals surface area (Å²) in [5.74, 6) is 0.485. The average Bonchev–Trinajstić information content (AvgIpc) is 3.57. The Kier molecular flexibility index (Phi) is 11.0. The second kappa shape index (κ2) is 15.3. The molecule has 0 saturated heterocycles. The number of hydrogen-bond donors (Lipinski definition) is 1. The van der Waals surface area contributed by atoms with Gasteiger partial charge in [-0.05, 0) is 87.2 Å². The Labute approximate surface area is 278 Å². The maximum atomic E-state index is 14.4. The highest BCUT2D eigenvalue weighted by Crippen LogP contribution is 2.29. The largest absolute Gasteiger partial charge is 0.457 e. The van der Waals surface area contributed by atoms with E-state index in [1.807, 2.05) is 75.4 Å². The van der Waals surface area contributed by atoms with E-state index < -0.39 is 28.5 Å². The molecule has 4 aromatic rings. The third-order valence-electron chi connectivity index (χ3n) is 8.51. The minimum absolute atomic E-state index is 0.0664. The van der Waals surface area contributed by atoms with Crippen LogP contribution in [0.15, 0.2) is 108 Å². The summed E-state index contributed by atoms with van der Waals surface area (Å²) in [6.07, 6.45) is 4.34. The molecule has 47 heavy (non-hydrogen) atoms. The Balaban J connectivity index is 1.49. The van der Waals surface area contributed by atoms with Crippen molar-refractivity contribution in [2.75, 3.05) is 10.8 Å². The topological polar surface area (TPSA) is 96.0 Å². The number of aryl methyl sites for hydroxylation is 2. The van der Waals surface area contributed by atoms with Crippen LogP contribution < -0.4 is 14.4 Å². The smallest absolute Gasteiger partial charge is 0.264 e. The molecule has 1 saturated carbocycles. The van der Waals surface area contributed by atoms with Crippen molar-refractivity contribution in [3.63, 3.8) is 0 Å². The summed E-state index contributed by atoms with van der Waals surface area (Å²) in [6, 6.07) is 29.6. The zero-order chi connectivity index (χ0) is 33.4.